The van der Waals surface area contributed by atoms with Gasteiger partial charge in [-0.2, -0.15) is 0 Å². The number of hydrogen-bond acceptors (Lipinski definition) is 4. The first-order chi connectivity index (χ1) is 12.1. The van der Waals surface area contributed by atoms with Crippen molar-refractivity contribution in [2.45, 2.75) is 12.8 Å². The number of rotatable bonds is 6. The third kappa shape index (κ3) is 4.63. The van der Waals surface area contributed by atoms with Gasteiger partial charge in [-0.05, 0) is 50.2 Å². The molecule has 142 valence electrons. The van der Waals surface area contributed by atoms with Crippen LogP contribution < -0.4 is 10.6 Å². The maximum absolute atomic E-state index is 13.8. The Labute approximate surface area is 158 Å². The highest BCUT2D eigenvalue weighted by molar-refractivity contribution is 5.92. The van der Waals surface area contributed by atoms with E-state index in [9.17, 15) is 9.18 Å². The summed E-state index contributed by atoms with van der Waals surface area (Å²) < 4.78 is 24.7. The van der Waals surface area contributed by atoms with Crippen LogP contribution in [0.3, 0.4) is 0 Å². The molecule has 1 fully saturated rings. The summed E-state index contributed by atoms with van der Waals surface area (Å²) in [6.45, 7) is 2.96. The van der Waals surface area contributed by atoms with Crippen LogP contribution in [0.25, 0.3) is 11.3 Å². The monoisotopic (exact) mass is 382 g/mol. The van der Waals surface area contributed by atoms with Gasteiger partial charge in [-0.3, -0.25) is 4.79 Å². The Balaban J connectivity index is 0.00000243. The van der Waals surface area contributed by atoms with Crippen LogP contribution in [-0.4, -0.2) is 39.3 Å². The first-order valence-corrected chi connectivity index (χ1v) is 8.46. The van der Waals surface area contributed by atoms with Crippen molar-refractivity contribution in [1.29, 1.82) is 0 Å². The predicted octanol–water partition coefficient (Wildman–Crippen LogP) is 3.25. The van der Waals surface area contributed by atoms with Gasteiger partial charge in [0.1, 0.15) is 11.6 Å². The largest absolute Gasteiger partial charge is 0.451 e. The number of nitrogens with one attached hydrogen (secondary N) is 2. The molecule has 0 bridgehead atoms. The third-order valence-electron chi connectivity index (χ3n) is 4.71. The molecule has 26 heavy (non-hydrogen) atoms. The van der Waals surface area contributed by atoms with Crippen LogP contribution in [0.5, 0.6) is 0 Å². The smallest absolute Gasteiger partial charge is 0.287 e. The minimum Gasteiger partial charge on any atom is -0.451 e. The second-order valence-corrected chi connectivity index (χ2v) is 6.51. The van der Waals surface area contributed by atoms with Crippen molar-refractivity contribution in [2.75, 3.05) is 33.4 Å². The average Bonchev–Trinajstić information content (AvgIpc) is 3.11. The minimum atomic E-state index is -0.377. The van der Waals surface area contributed by atoms with Crippen LogP contribution in [0.4, 0.5) is 4.39 Å². The van der Waals surface area contributed by atoms with Crippen LogP contribution in [0.1, 0.15) is 23.4 Å². The molecule has 7 heteroatoms. The Hall–Kier alpha value is -1.89. The topological polar surface area (TPSA) is 63.5 Å². The molecule has 0 aliphatic carbocycles. The molecular weight excluding hydrogens is 359 g/mol. The molecule has 0 radical (unpaired) electrons. The Morgan fingerprint density at radius 2 is 2.00 bits per heavy atom. The maximum atomic E-state index is 13.8. The second-order valence-electron chi connectivity index (χ2n) is 6.51. The van der Waals surface area contributed by atoms with Crippen molar-refractivity contribution in [1.82, 2.24) is 10.6 Å². The first-order valence-electron chi connectivity index (χ1n) is 8.46. The molecule has 5 nitrogen and oxygen atoms in total. The van der Waals surface area contributed by atoms with Gasteiger partial charge in [-0.15, -0.1) is 12.4 Å². The second kappa shape index (κ2) is 9.16. The van der Waals surface area contributed by atoms with E-state index in [1.165, 1.54) is 6.07 Å². The highest BCUT2D eigenvalue weighted by Crippen LogP contribution is 2.29. The number of halogens is 2. The summed E-state index contributed by atoms with van der Waals surface area (Å²) in [7, 11) is 1.68. The van der Waals surface area contributed by atoms with Crippen molar-refractivity contribution in [3.8, 4) is 11.3 Å². The van der Waals surface area contributed by atoms with E-state index < -0.39 is 0 Å². The van der Waals surface area contributed by atoms with Crippen LogP contribution in [0.2, 0.25) is 0 Å². The average molecular weight is 383 g/mol. The fourth-order valence-electron chi connectivity index (χ4n) is 3.26. The molecule has 2 N–H and O–H groups in total. The predicted molar refractivity (Wildman–Crippen MR) is 100 cm³/mol. The summed E-state index contributed by atoms with van der Waals surface area (Å²) >= 11 is 0. The number of ether oxygens (including phenoxy) is 1. The zero-order chi connectivity index (χ0) is 17.7. The van der Waals surface area contributed by atoms with E-state index in [2.05, 4.69) is 10.6 Å². The third-order valence-corrected chi connectivity index (χ3v) is 4.71. The quantitative estimate of drug-likeness (QED) is 0.805. The minimum absolute atomic E-state index is 0. The van der Waals surface area contributed by atoms with Crippen LogP contribution in [-0.2, 0) is 4.74 Å². The molecule has 2 heterocycles. The van der Waals surface area contributed by atoms with Crippen LogP contribution in [0.15, 0.2) is 40.8 Å². The normalized spacial score (nSPS) is 15.9. The molecule has 1 aromatic heterocycles. The molecule has 1 aliphatic rings. The van der Waals surface area contributed by atoms with E-state index in [0.29, 0.717) is 24.5 Å². The number of furan rings is 1. The summed E-state index contributed by atoms with van der Waals surface area (Å²) in [5.74, 6) is -0.148. The number of methoxy groups -OCH3 is 1. The van der Waals surface area contributed by atoms with Gasteiger partial charge in [0.2, 0.25) is 0 Å². The molecule has 2 aromatic rings. The highest BCUT2D eigenvalue weighted by Gasteiger charge is 2.32. The Morgan fingerprint density at radius 3 is 2.69 bits per heavy atom. The van der Waals surface area contributed by atoms with Gasteiger partial charge < -0.3 is 19.8 Å². The van der Waals surface area contributed by atoms with Crippen molar-refractivity contribution in [2.24, 2.45) is 5.41 Å². The van der Waals surface area contributed by atoms with E-state index in [0.717, 1.165) is 25.9 Å². The lowest BCUT2D eigenvalue weighted by atomic mass is 9.79. The van der Waals surface area contributed by atoms with E-state index in [-0.39, 0.29) is 35.3 Å². The number of amides is 1. The number of piperidine rings is 1. The molecule has 1 saturated heterocycles. The molecule has 0 saturated carbocycles. The molecular formula is C19H24ClFN2O3. The van der Waals surface area contributed by atoms with Gasteiger partial charge in [-0.25, -0.2) is 4.39 Å². The Morgan fingerprint density at radius 1 is 1.27 bits per heavy atom. The summed E-state index contributed by atoms with van der Waals surface area (Å²) in [5, 5.41) is 6.26. The van der Waals surface area contributed by atoms with E-state index in [1.807, 2.05) is 0 Å². The zero-order valence-corrected chi connectivity index (χ0v) is 15.5. The maximum Gasteiger partial charge on any atom is 0.287 e. The van der Waals surface area contributed by atoms with Crippen molar-refractivity contribution in [3.63, 3.8) is 0 Å². The van der Waals surface area contributed by atoms with Gasteiger partial charge >= 0.3 is 0 Å². The van der Waals surface area contributed by atoms with Crippen molar-refractivity contribution < 1.29 is 18.3 Å². The molecule has 0 atom stereocenters. The number of carbonyl (C=O) groups excluding carboxylic acids is 1. The Kier molecular flexibility index (Phi) is 7.20. The fraction of sp³-hybridized carbons (Fsp3) is 0.421. The van der Waals surface area contributed by atoms with Crippen LogP contribution in [0, 0.1) is 11.2 Å². The van der Waals surface area contributed by atoms with Crippen LogP contribution >= 0.6 is 12.4 Å². The number of benzene rings is 1. The van der Waals surface area contributed by atoms with E-state index >= 15 is 0 Å². The summed E-state index contributed by atoms with van der Waals surface area (Å²) in [6, 6.07) is 9.52. The van der Waals surface area contributed by atoms with E-state index in [4.69, 9.17) is 9.15 Å². The summed E-state index contributed by atoms with van der Waals surface area (Å²) in [5.41, 5.74) is 0.284. The summed E-state index contributed by atoms with van der Waals surface area (Å²) in [6.07, 6.45) is 1.89. The molecule has 1 aromatic carbocycles. The standard InChI is InChI=1S/C19H23FN2O3.ClH/c1-24-13-19(8-10-21-11-9-19)12-22-18(23)17-7-6-16(25-17)14-4-2-3-5-15(14)20;/h2-7,21H,8-13H2,1H3,(H,22,23);1H. The zero-order valence-electron chi connectivity index (χ0n) is 14.7. The number of hydrogen-bond donors (Lipinski definition) is 2. The summed E-state index contributed by atoms with van der Waals surface area (Å²) in [4.78, 5) is 12.4. The van der Waals surface area contributed by atoms with Gasteiger partial charge in [0, 0.05) is 19.1 Å². The molecule has 3 rings (SSSR count). The lowest BCUT2D eigenvalue weighted by molar-refractivity contribution is 0.0506. The van der Waals surface area contributed by atoms with E-state index in [1.54, 1.807) is 37.4 Å². The SMILES string of the molecule is COCC1(CNC(=O)c2ccc(-c3ccccc3F)o2)CCNCC1.Cl. The fourth-order valence-corrected chi connectivity index (χ4v) is 3.26. The van der Waals surface area contributed by atoms with Gasteiger partial charge in [0.25, 0.3) is 5.91 Å². The highest BCUT2D eigenvalue weighted by atomic mass is 35.5. The lowest BCUT2D eigenvalue weighted by Gasteiger charge is -2.37. The number of carbonyl (C=O) groups is 1. The molecule has 0 unspecified atom stereocenters. The molecule has 1 aliphatic heterocycles. The Bertz CT molecular complexity index is 724. The first kappa shape index (κ1) is 20.4. The van der Waals surface area contributed by atoms with Crippen molar-refractivity contribution >= 4 is 18.3 Å². The van der Waals surface area contributed by atoms with Crippen molar-refractivity contribution in [3.05, 3.63) is 48.0 Å². The molecule has 0 spiro atoms. The van der Waals surface area contributed by atoms with Gasteiger partial charge in [0.05, 0.1) is 12.2 Å². The van der Waals surface area contributed by atoms with Gasteiger partial charge in [0.15, 0.2) is 5.76 Å². The van der Waals surface area contributed by atoms with Gasteiger partial charge in [-0.1, -0.05) is 12.1 Å². The molecule has 1 amide bonds. The lowest BCUT2D eigenvalue weighted by Crippen LogP contribution is -2.47.